The van der Waals surface area contributed by atoms with E-state index in [1.807, 2.05) is 0 Å². The summed E-state index contributed by atoms with van der Waals surface area (Å²) < 4.78 is 6.86. The molecule has 0 unspecified atom stereocenters. The smallest absolute Gasteiger partial charge is 0.143 e. The Kier molecular flexibility index (Phi) is 7.53. The Morgan fingerprint density at radius 1 is 0.304 bits per heavy atom. The Morgan fingerprint density at radius 3 is 1.59 bits per heavy atom. The Hall–Kier alpha value is -7.42. The van der Waals surface area contributed by atoms with Crippen molar-refractivity contribution in [3.8, 4) is 33.4 Å². The topological polar surface area (TPSA) is 16.4 Å². The third-order valence-corrected chi connectivity index (χ3v) is 11.2. The quantitative estimate of drug-likeness (QED) is 0.160. The van der Waals surface area contributed by atoms with Crippen molar-refractivity contribution in [3.05, 3.63) is 212 Å². The summed E-state index contributed by atoms with van der Waals surface area (Å²) in [5.74, 6) is 0. The summed E-state index contributed by atoms with van der Waals surface area (Å²) in [4.78, 5) is 2.32. The van der Waals surface area contributed by atoms with E-state index >= 15 is 0 Å². The van der Waals surface area contributed by atoms with E-state index in [9.17, 15) is 0 Å². The molecule has 10 aromatic carbocycles. The molecule has 0 fully saturated rings. The monoisotopic (exact) mass is 713 g/mol. The van der Waals surface area contributed by atoms with Gasteiger partial charge in [0.15, 0.2) is 0 Å². The molecule has 0 aliphatic heterocycles. The van der Waals surface area contributed by atoms with Gasteiger partial charge in [-0.05, 0) is 115 Å². The molecule has 0 aliphatic rings. The van der Waals surface area contributed by atoms with Crippen molar-refractivity contribution in [1.29, 1.82) is 0 Å². The molecule has 0 saturated heterocycles. The van der Waals surface area contributed by atoms with Crippen LogP contribution in [-0.4, -0.2) is 0 Å². The summed E-state index contributed by atoms with van der Waals surface area (Å²) in [5.41, 5.74) is 12.1. The highest BCUT2D eigenvalue weighted by Crippen LogP contribution is 2.45. The van der Waals surface area contributed by atoms with Crippen LogP contribution in [0.5, 0.6) is 0 Å². The molecule has 2 nitrogen and oxygen atoms in total. The molecule has 1 heterocycles. The van der Waals surface area contributed by atoms with Crippen LogP contribution in [0.3, 0.4) is 0 Å². The lowest BCUT2D eigenvalue weighted by Crippen LogP contribution is -2.09. The summed E-state index contributed by atoms with van der Waals surface area (Å²) in [6, 6.07) is 76.3. The van der Waals surface area contributed by atoms with Crippen LogP contribution in [-0.2, 0) is 0 Å². The van der Waals surface area contributed by atoms with Gasteiger partial charge < -0.3 is 9.32 Å². The van der Waals surface area contributed by atoms with Crippen molar-refractivity contribution in [2.24, 2.45) is 0 Å². The Morgan fingerprint density at radius 2 is 0.839 bits per heavy atom. The molecule has 0 saturated carbocycles. The van der Waals surface area contributed by atoms with E-state index in [0.29, 0.717) is 0 Å². The summed E-state index contributed by atoms with van der Waals surface area (Å²) in [6.45, 7) is 0. The van der Waals surface area contributed by atoms with Crippen molar-refractivity contribution in [2.45, 2.75) is 0 Å². The second-order valence-corrected chi connectivity index (χ2v) is 14.5. The van der Waals surface area contributed by atoms with Crippen LogP contribution in [0.1, 0.15) is 0 Å². The predicted octanol–water partition coefficient (Wildman–Crippen LogP) is 15.5. The molecule has 0 atom stereocenters. The minimum absolute atomic E-state index is 0.868. The Labute approximate surface area is 325 Å². The normalized spacial score (nSPS) is 11.6. The maximum atomic E-state index is 6.86. The molecule has 56 heavy (non-hydrogen) atoms. The van der Waals surface area contributed by atoms with E-state index in [1.165, 1.54) is 54.6 Å². The van der Waals surface area contributed by atoms with Gasteiger partial charge in [-0.2, -0.15) is 0 Å². The number of furan rings is 1. The molecular formula is C54H35NO. The van der Waals surface area contributed by atoms with Crippen LogP contribution >= 0.6 is 0 Å². The van der Waals surface area contributed by atoms with Gasteiger partial charge in [-0.25, -0.2) is 0 Å². The van der Waals surface area contributed by atoms with Crippen LogP contribution in [0.2, 0.25) is 0 Å². The standard InChI is InChI=1S/C54H35NO/c1-3-13-36(14-4-1)37-27-29-43(30-28-37)55(42-17-5-2-6-18-42)44-31-32-52-50(35-44)51-34-41-16-8-10-20-46(41)53(54(51)56-52)39-25-23-38(24-26-39)49-33-40-15-7-9-19-45(40)47-21-11-12-22-48(47)49/h1-35H. The number of para-hydroxylation sites is 1. The number of nitrogens with zero attached hydrogens (tertiary/aromatic N) is 1. The fourth-order valence-electron chi connectivity index (χ4n) is 8.56. The van der Waals surface area contributed by atoms with Crippen molar-refractivity contribution >= 4 is 71.3 Å². The second-order valence-electron chi connectivity index (χ2n) is 14.5. The number of rotatable bonds is 6. The highest BCUT2D eigenvalue weighted by Gasteiger charge is 2.20. The van der Waals surface area contributed by atoms with Gasteiger partial charge in [0.1, 0.15) is 11.2 Å². The lowest BCUT2D eigenvalue weighted by atomic mass is 9.91. The van der Waals surface area contributed by atoms with Gasteiger partial charge in [-0.3, -0.25) is 0 Å². The molecule has 262 valence electrons. The van der Waals surface area contributed by atoms with E-state index in [-0.39, 0.29) is 0 Å². The number of fused-ring (bicyclic) bond motifs is 7. The van der Waals surface area contributed by atoms with E-state index < -0.39 is 0 Å². The first-order valence-corrected chi connectivity index (χ1v) is 19.2. The number of anilines is 3. The van der Waals surface area contributed by atoms with Crippen molar-refractivity contribution in [1.82, 2.24) is 0 Å². The second kappa shape index (κ2) is 13.2. The number of benzene rings is 10. The molecule has 2 heteroatoms. The highest BCUT2D eigenvalue weighted by molar-refractivity contribution is 6.19. The minimum Gasteiger partial charge on any atom is -0.455 e. The first-order chi connectivity index (χ1) is 27.8. The Balaban J connectivity index is 1.05. The zero-order valence-electron chi connectivity index (χ0n) is 30.6. The van der Waals surface area contributed by atoms with E-state index in [0.717, 1.165) is 50.1 Å². The lowest BCUT2D eigenvalue weighted by Gasteiger charge is -2.25. The summed E-state index contributed by atoms with van der Waals surface area (Å²) in [6.07, 6.45) is 0. The van der Waals surface area contributed by atoms with Crippen LogP contribution in [0.4, 0.5) is 17.1 Å². The maximum Gasteiger partial charge on any atom is 0.143 e. The largest absolute Gasteiger partial charge is 0.455 e. The maximum absolute atomic E-state index is 6.86. The third-order valence-electron chi connectivity index (χ3n) is 11.2. The zero-order chi connectivity index (χ0) is 37.0. The van der Waals surface area contributed by atoms with Gasteiger partial charge in [0.2, 0.25) is 0 Å². The molecule has 0 radical (unpaired) electrons. The van der Waals surface area contributed by atoms with Gasteiger partial charge in [0, 0.05) is 33.4 Å². The average molecular weight is 714 g/mol. The van der Waals surface area contributed by atoms with Gasteiger partial charge in [0.25, 0.3) is 0 Å². The van der Waals surface area contributed by atoms with Crippen LogP contribution in [0.15, 0.2) is 217 Å². The van der Waals surface area contributed by atoms with Crippen molar-refractivity contribution in [2.75, 3.05) is 4.90 Å². The van der Waals surface area contributed by atoms with E-state index in [1.54, 1.807) is 0 Å². The first-order valence-electron chi connectivity index (χ1n) is 19.2. The molecule has 0 spiro atoms. The van der Waals surface area contributed by atoms with Crippen molar-refractivity contribution < 1.29 is 4.42 Å². The molecule has 0 amide bonds. The lowest BCUT2D eigenvalue weighted by molar-refractivity contribution is 0.670. The fraction of sp³-hybridized carbons (Fsp3) is 0. The highest BCUT2D eigenvalue weighted by atomic mass is 16.3. The molecule has 0 aliphatic carbocycles. The summed E-state index contributed by atoms with van der Waals surface area (Å²) >= 11 is 0. The average Bonchev–Trinajstić information content (AvgIpc) is 3.63. The van der Waals surface area contributed by atoms with E-state index in [4.69, 9.17) is 4.42 Å². The molecule has 11 aromatic rings. The Bertz CT molecular complexity index is 3220. The minimum atomic E-state index is 0.868. The van der Waals surface area contributed by atoms with Gasteiger partial charge in [-0.1, -0.05) is 158 Å². The number of hydrogen-bond donors (Lipinski definition) is 0. The van der Waals surface area contributed by atoms with Crippen molar-refractivity contribution in [3.63, 3.8) is 0 Å². The molecule has 1 aromatic heterocycles. The first kappa shape index (κ1) is 32.0. The molecule has 0 N–H and O–H groups in total. The predicted molar refractivity (Wildman–Crippen MR) is 237 cm³/mol. The SMILES string of the molecule is c1ccc(-c2ccc(N(c3ccccc3)c3ccc4oc5c(-c6ccc(-c7cc8ccccc8c8ccccc78)cc6)c6ccccc6cc5c4c3)cc2)cc1. The van der Waals surface area contributed by atoms with Crippen LogP contribution in [0, 0.1) is 0 Å². The molecule has 0 bridgehead atoms. The molecule has 11 rings (SSSR count). The van der Waals surface area contributed by atoms with Gasteiger partial charge >= 0.3 is 0 Å². The van der Waals surface area contributed by atoms with Gasteiger partial charge in [0.05, 0.1) is 0 Å². The van der Waals surface area contributed by atoms with Crippen LogP contribution in [0.25, 0.3) is 87.6 Å². The summed E-state index contributed by atoms with van der Waals surface area (Å²) in [5, 5.41) is 9.61. The van der Waals surface area contributed by atoms with Gasteiger partial charge in [-0.15, -0.1) is 0 Å². The fourth-order valence-corrected chi connectivity index (χ4v) is 8.56. The number of hydrogen-bond acceptors (Lipinski definition) is 2. The van der Waals surface area contributed by atoms with E-state index in [2.05, 4.69) is 217 Å². The zero-order valence-corrected chi connectivity index (χ0v) is 30.6. The third kappa shape index (κ3) is 5.34. The van der Waals surface area contributed by atoms with Crippen LogP contribution < -0.4 is 4.90 Å². The molecular weight excluding hydrogens is 679 g/mol. The summed E-state index contributed by atoms with van der Waals surface area (Å²) in [7, 11) is 0.